The van der Waals surface area contributed by atoms with Gasteiger partial charge in [-0.15, -0.1) is 12.3 Å². The fourth-order valence-corrected chi connectivity index (χ4v) is 1.38. The van der Waals surface area contributed by atoms with E-state index in [9.17, 15) is 13.6 Å². The number of ether oxygens (including phenoxy) is 1. The molecule has 0 aromatic heterocycles. The van der Waals surface area contributed by atoms with Crippen LogP contribution in [0.2, 0.25) is 0 Å². The van der Waals surface area contributed by atoms with Gasteiger partial charge in [0.15, 0.2) is 5.78 Å². The van der Waals surface area contributed by atoms with E-state index in [1.165, 1.54) is 18.2 Å². The molecule has 4 heteroatoms. The van der Waals surface area contributed by atoms with Crippen molar-refractivity contribution in [1.82, 2.24) is 0 Å². The molecule has 0 unspecified atom stereocenters. The largest absolute Gasteiger partial charge is 0.434 e. The van der Waals surface area contributed by atoms with Crippen LogP contribution in [-0.4, -0.2) is 12.4 Å². The fourth-order valence-electron chi connectivity index (χ4n) is 1.38. The van der Waals surface area contributed by atoms with Gasteiger partial charge in [-0.3, -0.25) is 4.79 Å². The third kappa shape index (κ3) is 4.23. The number of para-hydroxylation sites is 1. The summed E-state index contributed by atoms with van der Waals surface area (Å²) < 4.78 is 28.5. The molecule has 0 aliphatic rings. The van der Waals surface area contributed by atoms with Crippen molar-refractivity contribution < 1.29 is 18.3 Å². The number of carbonyl (C=O) groups is 1. The summed E-state index contributed by atoms with van der Waals surface area (Å²) in [6.07, 6.45) is 6.32. The van der Waals surface area contributed by atoms with Crippen LogP contribution in [0.1, 0.15) is 29.6 Å². The molecule has 0 heterocycles. The van der Waals surface area contributed by atoms with E-state index in [0.29, 0.717) is 12.8 Å². The van der Waals surface area contributed by atoms with Gasteiger partial charge < -0.3 is 4.74 Å². The first-order valence-electron chi connectivity index (χ1n) is 5.15. The Morgan fingerprint density at radius 3 is 2.76 bits per heavy atom. The maximum Gasteiger partial charge on any atom is 0.387 e. The van der Waals surface area contributed by atoms with Crippen molar-refractivity contribution in [2.24, 2.45) is 0 Å². The number of rotatable bonds is 6. The van der Waals surface area contributed by atoms with Crippen molar-refractivity contribution in [1.29, 1.82) is 0 Å². The molecule has 2 nitrogen and oxygen atoms in total. The lowest BCUT2D eigenvalue weighted by molar-refractivity contribution is -0.0501. The first-order valence-corrected chi connectivity index (χ1v) is 5.15. The Balaban J connectivity index is 2.75. The third-order valence-corrected chi connectivity index (χ3v) is 2.13. The van der Waals surface area contributed by atoms with Crippen LogP contribution in [0.3, 0.4) is 0 Å². The molecule has 0 radical (unpaired) electrons. The average Bonchev–Trinajstić information content (AvgIpc) is 2.29. The van der Waals surface area contributed by atoms with Crippen molar-refractivity contribution in [2.75, 3.05) is 0 Å². The van der Waals surface area contributed by atoms with Crippen molar-refractivity contribution in [3.8, 4) is 18.1 Å². The average molecular weight is 238 g/mol. The fraction of sp³-hybridized carbons (Fsp3) is 0.308. The second-order valence-electron chi connectivity index (χ2n) is 3.36. The van der Waals surface area contributed by atoms with Crippen LogP contribution in [0.5, 0.6) is 5.75 Å². The second kappa shape index (κ2) is 6.64. The van der Waals surface area contributed by atoms with Crippen LogP contribution in [0.25, 0.3) is 0 Å². The van der Waals surface area contributed by atoms with Crippen LogP contribution in [0.4, 0.5) is 8.78 Å². The monoisotopic (exact) mass is 238 g/mol. The third-order valence-electron chi connectivity index (χ3n) is 2.13. The molecule has 0 saturated heterocycles. The van der Waals surface area contributed by atoms with E-state index < -0.39 is 6.61 Å². The Kier molecular flexibility index (Phi) is 5.15. The molecule has 0 amide bonds. The minimum absolute atomic E-state index is 0.0896. The molecule has 0 bridgehead atoms. The number of benzene rings is 1. The van der Waals surface area contributed by atoms with Gasteiger partial charge in [-0.2, -0.15) is 8.78 Å². The molecule has 0 spiro atoms. The first kappa shape index (κ1) is 13.2. The van der Waals surface area contributed by atoms with Gasteiger partial charge in [-0.05, 0) is 18.6 Å². The van der Waals surface area contributed by atoms with Gasteiger partial charge in [-0.1, -0.05) is 12.1 Å². The van der Waals surface area contributed by atoms with Gasteiger partial charge in [0.2, 0.25) is 0 Å². The highest BCUT2D eigenvalue weighted by molar-refractivity contribution is 5.98. The van der Waals surface area contributed by atoms with Crippen molar-refractivity contribution in [3.63, 3.8) is 0 Å². The zero-order valence-corrected chi connectivity index (χ0v) is 9.16. The predicted octanol–water partition coefficient (Wildman–Crippen LogP) is 3.27. The van der Waals surface area contributed by atoms with E-state index in [2.05, 4.69) is 10.7 Å². The van der Waals surface area contributed by atoms with E-state index in [1.807, 2.05) is 0 Å². The summed E-state index contributed by atoms with van der Waals surface area (Å²) in [6, 6.07) is 5.96. The first-order chi connectivity index (χ1) is 8.15. The molecule has 90 valence electrons. The lowest BCUT2D eigenvalue weighted by atomic mass is 10.0. The van der Waals surface area contributed by atoms with Crippen LogP contribution in [0, 0.1) is 12.3 Å². The number of unbranched alkanes of at least 4 members (excludes halogenated alkanes) is 1. The number of alkyl halides is 2. The molecule has 1 aromatic carbocycles. The Morgan fingerprint density at radius 2 is 2.12 bits per heavy atom. The quantitative estimate of drug-likeness (QED) is 0.432. The lowest BCUT2D eigenvalue weighted by Crippen LogP contribution is -2.07. The molecule has 0 N–H and O–H groups in total. The number of Topliss-reactive ketones (excluding diaryl/α,β-unsaturated/α-hetero) is 1. The van der Waals surface area contributed by atoms with Crippen LogP contribution >= 0.6 is 0 Å². The zero-order chi connectivity index (χ0) is 12.7. The van der Waals surface area contributed by atoms with E-state index in [0.717, 1.165) is 0 Å². The highest BCUT2D eigenvalue weighted by Gasteiger charge is 2.14. The SMILES string of the molecule is C#CCCCC(=O)c1ccccc1OC(F)F. The molecule has 0 saturated carbocycles. The smallest absolute Gasteiger partial charge is 0.387 e. The summed E-state index contributed by atoms with van der Waals surface area (Å²) in [7, 11) is 0. The highest BCUT2D eigenvalue weighted by Crippen LogP contribution is 2.22. The summed E-state index contributed by atoms with van der Waals surface area (Å²) in [5, 5.41) is 0. The number of halogens is 2. The van der Waals surface area contributed by atoms with Gasteiger partial charge >= 0.3 is 6.61 Å². The Hall–Kier alpha value is -1.89. The van der Waals surface area contributed by atoms with E-state index in [-0.39, 0.29) is 23.5 Å². The molecule has 0 aliphatic heterocycles. The Morgan fingerprint density at radius 1 is 1.41 bits per heavy atom. The number of ketones is 1. The van der Waals surface area contributed by atoms with Gasteiger partial charge in [0.25, 0.3) is 0 Å². The summed E-state index contributed by atoms with van der Waals surface area (Å²) in [6.45, 7) is -2.94. The summed E-state index contributed by atoms with van der Waals surface area (Å²) in [4.78, 5) is 11.7. The maximum absolute atomic E-state index is 12.1. The molecular formula is C13H12F2O2. The number of hydrogen-bond acceptors (Lipinski definition) is 2. The molecular weight excluding hydrogens is 226 g/mol. The van der Waals surface area contributed by atoms with Gasteiger partial charge in [0.05, 0.1) is 5.56 Å². The van der Waals surface area contributed by atoms with Crippen LogP contribution in [0.15, 0.2) is 24.3 Å². The van der Waals surface area contributed by atoms with Crippen LogP contribution < -0.4 is 4.74 Å². The van der Waals surface area contributed by atoms with Gasteiger partial charge in [-0.25, -0.2) is 0 Å². The highest BCUT2D eigenvalue weighted by atomic mass is 19.3. The maximum atomic E-state index is 12.1. The lowest BCUT2D eigenvalue weighted by Gasteiger charge is -2.09. The standard InChI is InChI=1S/C13H12F2O2/c1-2-3-4-8-11(16)10-7-5-6-9-12(10)17-13(14)15/h1,5-7,9,13H,3-4,8H2. The summed E-state index contributed by atoms with van der Waals surface area (Å²) in [5.41, 5.74) is 0.171. The minimum atomic E-state index is -2.94. The Labute approximate surface area is 98.6 Å². The predicted molar refractivity (Wildman–Crippen MR) is 60.1 cm³/mol. The van der Waals surface area contributed by atoms with Gasteiger partial charge in [0, 0.05) is 12.8 Å². The van der Waals surface area contributed by atoms with Crippen molar-refractivity contribution in [2.45, 2.75) is 25.9 Å². The molecule has 0 aliphatic carbocycles. The van der Waals surface area contributed by atoms with E-state index in [1.54, 1.807) is 6.07 Å². The molecule has 17 heavy (non-hydrogen) atoms. The number of terminal acetylenes is 1. The van der Waals surface area contributed by atoms with Crippen molar-refractivity contribution >= 4 is 5.78 Å². The number of hydrogen-bond donors (Lipinski definition) is 0. The molecule has 1 aromatic rings. The molecule has 0 fully saturated rings. The van der Waals surface area contributed by atoms with Crippen molar-refractivity contribution in [3.05, 3.63) is 29.8 Å². The zero-order valence-electron chi connectivity index (χ0n) is 9.16. The van der Waals surface area contributed by atoms with Crippen LogP contribution in [-0.2, 0) is 0 Å². The summed E-state index contributed by atoms with van der Waals surface area (Å²) >= 11 is 0. The minimum Gasteiger partial charge on any atom is -0.434 e. The normalized spacial score (nSPS) is 10.0. The van der Waals surface area contributed by atoms with E-state index >= 15 is 0 Å². The second-order valence-corrected chi connectivity index (χ2v) is 3.36. The van der Waals surface area contributed by atoms with E-state index in [4.69, 9.17) is 6.42 Å². The Bertz CT molecular complexity index is 422. The molecule has 0 atom stereocenters. The molecule has 1 rings (SSSR count). The van der Waals surface area contributed by atoms with Gasteiger partial charge in [0.1, 0.15) is 5.75 Å². The number of carbonyl (C=O) groups excluding carboxylic acids is 1. The topological polar surface area (TPSA) is 26.3 Å². The summed E-state index contributed by atoms with van der Waals surface area (Å²) in [5.74, 6) is 2.09.